The minimum Gasteiger partial charge on any atom is -0.497 e. The predicted octanol–water partition coefficient (Wildman–Crippen LogP) is 4.60. The van der Waals surface area contributed by atoms with E-state index >= 15 is 0 Å². The van der Waals surface area contributed by atoms with Gasteiger partial charge in [0, 0.05) is 29.5 Å². The number of amides is 3. The van der Waals surface area contributed by atoms with Gasteiger partial charge in [0.1, 0.15) is 11.8 Å². The lowest BCUT2D eigenvalue weighted by Crippen LogP contribution is -2.38. The van der Waals surface area contributed by atoms with Crippen LogP contribution >= 0.6 is 0 Å². The number of carbonyl (C=O) groups is 3. The summed E-state index contributed by atoms with van der Waals surface area (Å²) in [6.07, 6.45) is -0.305. The zero-order valence-electron chi connectivity index (χ0n) is 26.2. The Kier molecular flexibility index (Phi) is 10.3. The Balaban J connectivity index is 1.85. The summed E-state index contributed by atoms with van der Waals surface area (Å²) in [5.41, 5.74) is 7.06. The smallest absolute Gasteiger partial charge is 0.409 e. The number of nitrogens with zero attached hydrogens (tertiary/aromatic N) is 1. The van der Waals surface area contributed by atoms with E-state index in [9.17, 15) is 27.9 Å². The largest absolute Gasteiger partial charge is 0.497 e. The topological polar surface area (TPSA) is 187 Å². The predicted molar refractivity (Wildman–Crippen MR) is 172 cm³/mol. The number of nitrogens with two attached hydrogens (primary N) is 1. The summed E-state index contributed by atoms with van der Waals surface area (Å²) in [5, 5.41) is 14.1. The summed E-state index contributed by atoms with van der Waals surface area (Å²) in [7, 11) is 0.584. The number of hydrogen-bond donors (Lipinski definition) is 4. The number of carbonyl (C=O) groups excluding carboxylic acids is 2. The van der Waals surface area contributed by atoms with Crippen molar-refractivity contribution in [1.29, 1.82) is 0 Å². The highest BCUT2D eigenvalue weighted by Crippen LogP contribution is 2.41. The molecule has 0 saturated carbocycles. The Morgan fingerprint density at radius 1 is 0.935 bits per heavy atom. The fraction of sp³-hybridized carbons (Fsp3) is 0.344. The van der Waals surface area contributed by atoms with E-state index in [2.05, 4.69) is 10.6 Å². The summed E-state index contributed by atoms with van der Waals surface area (Å²) in [4.78, 5) is 39.7. The maximum atomic E-state index is 14.6. The van der Waals surface area contributed by atoms with Crippen LogP contribution in [0.3, 0.4) is 0 Å². The maximum absolute atomic E-state index is 14.6. The Morgan fingerprint density at radius 3 is 2.26 bits per heavy atom. The van der Waals surface area contributed by atoms with Gasteiger partial charge in [-0.25, -0.2) is 13.2 Å². The number of benzene rings is 3. The second-order valence-electron chi connectivity index (χ2n) is 11.0. The molecule has 1 heterocycles. The molecule has 0 spiro atoms. The van der Waals surface area contributed by atoms with Crippen molar-refractivity contribution >= 4 is 39.1 Å². The Morgan fingerprint density at radius 2 is 1.65 bits per heavy atom. The average molecular weight is 655 g/mol. The van der Waals surface area contributed by atoms with E-state index in [0.29, 0.717) is 53.4 Å². The normalized spacial score (nSPS) is 15.3. The lowest BCUT2D eigenvalue weighted by atomic mass is 10.00. The third kappa shape index (κ3) is 7.12. The maximum Gasteiger partial charge on any atom is 0.409 e. The molecule has 0 bridgehead atoms. The number of primary amides is 1. The highest BCUT2D eigenvalue weighted by Gasteiger charge is 2.38. The van der Waals surface area contributed by atoms with Crippen LogP contribution < -0.4 is 30.6 Å². The third-order valence-electron chi connectivity index (χ3n) is 7.81. The molecule has 3 aromatic rings. The van der Waals surface area contributed by atoms with E-state index in [1.165, 1.54) is 51.7 Å². The quantitative estimate of drug-likeness (QED) is 0.215. The van der Waals surface area contributed by atoms with E-state index in [1.54, 1.807) is 43.0 Å². The van der Waals surface area contributed by atoms with Gasteiger partial charge in [-0.1, -0.05) is 6.07 Å². The first kappa shape index (κ1) is 33.9. The van der Waals surface area contributed by atoms with Crippen molar-refractivity contribution in [3.05, 3.63) is 71.3 Å². The van der Waals surface area contributed by atoms with Crippen LogP contribution in [0.5, 0.6) is 17.2 Å². The number of rotatable bonds is 12. The van der Waals surface area contributed by atoms with Crippen LogP contribution in [-0.4, -0.2) is 69.5 Å². The fourth-order valence-corrected chi connectivity index (χ4v) is 6.76. The summed E-state index contributed by atoms with van der Waals surface area (Å²) in [5.74, 6) is 0.0635. The van der Waals surface area contributed by atoms with E-state index in [0.717, 1.165) is 0 Å². The van der Waals surface area contributed by atoms with Crippen molar-refractivity contribution in [3.8, 4) is 17.2 Å². The monoisotopic (exact) mass is 654 g/mol. The van der Waals surface area contributed by atoms with Crippen molar-refractivity contribution in [2.24, 2.45) is 5.73 Å². The van der Waals surface area contributed by atoms with Crippen LogP contribution in [-0.2, 0) is 14.6 Å². The zero-order chi connectivity index (χ0) is 33.8. The SMILES string of the molecule is COc1cc(NC(C(=O)N2CCCC2c2cc(NC(=O)O)ccc2S(=O)(=O)C(C)C)c2ccc(OC)c(OC)c2)cc(C(N)=O)c1. The first-order chi connectivity index (χ1) is 21.8. The van der Waals surface area contributed by atoms with Gasteiger partial charge in [-0.15, -0.1) is 0 Å². The van der Waals surface area contributed by atoms with Crippen molar-refractivity contribution < 1.29 is 42.1 Å². The highest BCUT2D eigenvalue weighted by molar-refractivity contribution is 7.92. The third-order valence-corrected chi connectivity index (χ3v) is 10.0. The van der Waals surface area contributed by atoms with Gasteiger partial charge in [0.25, 0.3) is 0 Å². The van der Waals surface area contributed by atoms with Crippen molar-refractivity contribution in [3.63, 3.8) is 0 Å². The molecule has 4 rings (SSSR count). The van der Waals surface area contributed by atoms with Crippen molar-refractivity contribution in [2.75, 3.05) is 38.5 Å². The molecule has 5 N–H and O–H groups in total. The molecule has 1 aliphatic heterocycles. The summed E-state index contributed by atoms with van der Waals surface area (Å²) in [6, 6.07) is 12.1. The Hall–Kier alpha value is -4.98. The molecule has 46 heavy (non-hydrogen) atoms. The number of likely N-dealkylation sites (tertiary alicyclic amines) is 1. The van der Waals surface area contributed by atoms with E-state index in [1.807, 2.05) is 0 Å². The number of sulfone groups is 1. The molecular formula is C32H38N4O9S. The first-order valence-electron chi connectivity index (χ1n) is 14.5. The van der Waals surface area contributed by atoms with Crippen LogP contribution in [0.4, 0.5) is 16.2 Å². The van der Waals surface area contributed by atoms with Gasteiger partial charge in [0.05, 0.1) is 37.5 Å². The van der Waals surface area contributed by atoms with E-state index in [4.69, 9.17) is 19.9 Å². The summed E-state index contributed by atoms with van der Waals surface area (Å²) >= 11 is 0. The number of methoxy groups -OCH3 is 3. The summed E-state index contributed by atoms with van der Waals surface area (Å²) < 4.78 is 43.2. The van der Waals surface area contributed by atoms with Crippen molar-refractivity contribution in [2.45, 2.75) is 48.9 Å². The minimum atomic E-state index is -3.81. The Bertz CT molecular complexity index is 1740. The first-order valence-corrected chi connectivity index (χ1v) is 16.0. The standard InChI is InChI=1S/C32H38N4O9S/c1-18(2)46(41,42)28-11-9-21(35-32(39)40)17-24(28)25-7-6-12-36(25)31(38)29(19-8-10-26(44-4)27(15-19)45-5)34-22-13-20(30(33)37)14-23(16-22)43-3/h8-11,13-18,25,29,34-35H,6-7,12H2,1-5H3,(H2,33,37)(H,39,40). The van der Waals surface area contributed by atoms with E-state index in [-0.39, 0.29) is 16.1 Å². The highest BCUT2D eigenvalue weighted by atomic mass is 32.2. The number of anilines is 2. The molecule has 0 aliphatic carbocycles. The fourth-order valence-electron chi connectivity index (χ4n) is 5.47. The molecular weight excluding hydrogens is 616 g/mol. The van der Waals surface area contributed by atoms with Crippen LogP contribution in [0.2, 0.25) is 0 Å². The van der Waals surface area contributed by atoms with Gasteiger partial charge < -0.3 is 35.3 Å². The average Bonchev–Trinajstić information content (AvgIpc) is 3.52. The molecule has 1 aliphatic rings. The molecule has 3 amide bonds. The second kappa shape index (κ2) is 14.0. The van der Waals surface area contributed by atoms with Gasteiger partial charge in [0.15, 0.2) is 21.3 Å². The number of hydrogen-bond acceptors (Lipinski definition) is 9. The van der Waals surface area contributed by atoms with Crippen LogP contribution in [0.1, 0.15) is 60.3 Å². The number of carboxylic acid groups (broad SMARTS) is 1. The Labute approximate surface area is 267 Å². The van der Waals surface area contributed by atoms with Crippen LogP contribution in [0.25, 0.3) is 0 Å². The summed E-state index contributed by atoms with van der Waals surface area (Å²) in [6.45, 7) is 3.43. The molecule has 0 aromatic heterocycles. The molecule has 14 heteroatoms. The van der Waals surface area contributed by atoms with Gasteiger partial charge in [-0.2, -0.15) is 0 Å². The zero-order valence-corrected chi connectivity index (χ0v) is 27.0. The van der Waals surface area contributed by atoms with Gasteiger partial charge in [-0.3, -0.25) is 14.9 Å². The van der Waals surface area contributed by atoms with Gasteiger partial charge in [0.2, 0.25) is 11.8 Å². The second-order valence-corrected chi connectivity index (χ2v) is 13.4. The molecule has 3 aromatic carbocycles. The molecule has 2 unspecified atom stereocenters. The minimum absolute atomic E-state index is 0.0256. The van der Waals surface area contributed by atoms with Gasteiger partial charge >= 0.3 is 6.09 Å². The van der Waals surface area contributed by atoms with Crippen molar-refractivity contribution in [1.82, 2.24) is 4.90 Å². The molecule has 13 nitrogen and oxygen atoms in total. The number of nitrogens with one attached hydrogen (secondary N) is 2. The molecule has 246 valence electrons. The molecule has 1 saturated heterocycles. The van der Waals surface area contributed by atoms with Gasteiger partial charge in [-0.05, 0) is 80.3 Å². The lowest BCUT2D eigenvalue weighted by Gasteiger charge is -2.32. The lowest BCUT2D eigenvalue weighted by molar-refractivity contribution is -0.133. The van der Waals surface area contributed by atoms with E-state index < -0.39 is 45.1 Å². The number of ether oxygens (including phenoxy) is 3. The van der Waals surface area contributed by atoms with Crippen LogP contribution in [0, 0.1) is 0 Å². The molecule has 2 atom stereocenters. The molecule has 1 fully saturated rings. The van der Waals surface area contributed by atoms with Crippen LogP contribution in [0.15, 0.2) is 59.5 Å². The molecule has 0 radical (unpaired) electrons.